The average molecular weight is 274 g/mol. The first-order valence-electron chi connectivity index (χ1n) is 3.39. The lowest BCUT2D eigenvalue weighted by Crippen LogP contribution is -2.19. The predicted octanol–water partition coefficient (Wildman–Crippen LogP) is 3.01. The van der Waals surface area contributed by atoms with Crippen LogP contribution in [0.1, 0.15) is 5.56 Å². The fourth-order valence-corrected chi connectivity index (χ4v) is 1.23. The Kier molecular flexibility index (Phi) is 3.30. The summed E-state index contributed by atoms with van der Waals surface area (Å²) < 4.78 is 51.7. The first kappa shape index (κ1) is 11.2. The zero-order valence-corrected chi connectivity index (χ0v) is 8.19. The van der Waals surface area contributed by atoms with Crippen LogP contribution in [0.2, 0.25) is 0 Å². The molecule has 0 atom stereocenters. The number of alkyl halides is 4. The molecule has 1 heterocycles. The highest BCUT2D eigenvalue weighted by molar-refractivity contribution is 9.08. The molecule has 0 N–H and O–H groups in total. The average Bonchev–Trinajstić information content (AvgIpc) is 2.06. The molecule has 0 spiro atoms. The molecule has 7 heteroatoms. The predicted molar refractivity (Wildman–Crippen MR) is 43.5 cm³/mol. The van der Waals surface area contributed by atoms with Gasteiger partial charge in [-0.05, 0) is 6.07 Å². The van der Waals surface area contributed by atoms with Crippen LogP contribution in [0.15, 0.2) is 12.3 Å². The summed E-state index contributed by atoms with van der Waals surface area (Å²) in [6.45, 7) is 0. The lowest BCUT2D eigenvalue weighted by molar-refractivity contribution is -0.276. The van der Waals surface area contributed by atoms with Crippen LogP contribution < -0.4 is 4.74 Å². The molecule has 14 heavy (non-hydrogen) atoms. The van der Waals surface area contributed by atoms with Gasteiger partial charge in [0.2, 0.25) is 0 Å². The molecule has 2 nitrogen and oxygen atoms in total. The third kappa shape index (κ3) is 2.83. The van der Waals surface area contributed by atoms with E-state index in [1.165, 1.54) is 6.07 Å². The summed E-state index contributed by atoms with van der Waals surface area (Å²) in [5.41, 5.74) is 0.0508. The number of ether oxygens (including phenoxy) is 1. The Morgan fingerprint density at radius 1 is 1.43 bits per heavy atom. The van der Waals surface area contributed by atoms with Crippen molar-refractivity contribution in [3.8, 4) is 5.75 Å². The van der Waals surface area contributed by atoms with Gasteiger partial charge >= 0.3 is 6.36 Å². The fourth-order valence-electron chi connectivity index (χ4n) is 0.788. The van der Waals surface area contributed by atoms with Crippen molar-refractivity contribution in [3.63, 3.8) is 0 Å². The van der Waals surface area contributed by atoms with Gasteiger partial charge in [0.1, 0.15) is 0 Å². The molecule has 1 rings (SSSR count). The normalized spacial score (nSPS) is 11.5. The number of rotatable bonds is 2. The second-order valence-electron chi connectivity index (χ2n) is 2.27. The molecule has 1 aromatic heterocycles. The van der Waals surface area contributed by atoms with Crippen LogP contribution in [0, 0.1) is 5.95 Å². The fraction of sp³-hybridized carbons (Fsp3) is 0.286. The van der Waals surface area contributed by atoms with Crippen LogP contribution >= 0.6 is 15.9 Å². The van der Waals surface area contributed by atoms with E-state index in [0.717, 1.165) is 6.20 Å². The summed E-state index contributed by atoms with van der Waals surface area (Å²) >= 11 is 2.91. The quantitative estimate of drug-likeness (QED) is 0.470. The Morgan fingerprint density at radius 3 is 2.57 bits per heavy atom. The molecule has 0 saturated carbocycles. The van der Waals surface area contributed by atoms with Gasteiger partial charge in [0.25, 0.3) is 5.95 Å². The molecule has 1 aromatic rings. The van der Waals surface area contributed by atoms with E-state index < -0.39 is 18.1 Å². The highest BCUT2D eigenvalue weighted by Crippen LogP contribution is 2.29. The molecule has 0 amide bonds. The van der Waals surface area contributed by atoms with Crippen molar-refractivity contribution in [2.24, 2.45) is 0 Å². The lowest BCUT2D eigenvalue weighted by atomic mass is 10.3. The zero-order valence-electron chi connectivity index (χ0n) is 6.61. The van der Waals surface area contributed by atoms with Crippen LogP contribution in [0.4, 0.5) is 17.6 Å². The van der Waals surface area contributed by atoms with E-state index in [0.29, 0.717) is 0 Å². The van der Waals surface area contributed by atoms with Crippen LogP contribution in [-0.4, -0.2) is 11.3 Å². The van der Waals surface area contributed by atoms with Gasteiger partial charge in [0.05, 0.1) is 0 Å². The van der Waals surface area contributed by atoms with Crippen LogP contribution in [-0.2, 0) is 5.33 Å². The summed E-state index contributed by atoms with van der Waals surface area (Å²) in [6.07, 6.45) is -3.85. The van der Waals surface area contributed by atoms with Crippen molar-refractivity contribution in [2.75, 3.05) is 0 Å². The molecule has 0 aliphatic carbocycles. The first-order valence-corrected chi connectivity index (χ1v) is 4.51. The van der Waals surface area contributed by atoms with Crippen molar-refractivity contribution >= 4 is 15.9 Å². The molecule has 0 aliphatic rings. The van der Waals surface area contributed by atoms with Gasteiger partial charge in [-0.3, -0.25) is 0 Å². The van der Waals surface area contributed by atoms with Crippen LogP contribution in [0.3, 0.4) is 0 Å². The molecule has 0 aliphatic heterocycles. The molecular weight excluding hydrogens is 270 g/mol. The van der Waals surface area contributed by atoms with E-state index in [2.05, 4.69) is 25.7 Å². The van der Waals surface area contributed by atoms with E-state index in [1.54, 1.807) is 0 Å². The Bertz CT molecular complexity index is 328. The molecule has 0 bridgehead atoms. The Labute approximate surface area is 85.0 Å². The third-order valence-electron chi connectivity index (χ3n) is 1.30. The SMILES string of the molecule is Fc1nccc(CBr)c1OC(F)(F)F. The van der Waals surface area contributed by atoms with Gasteiger partial charge in [0, 0.05) is 17.1 Å². The monoisotopic (exact) mass is 273 g/mol. The van der Waals surface area contributed by atoms with Crippen molar-refractivity contribution in [1.82, 2.24) is 4.98 Å². The highest BCUT2D eigenvalue weighted by atomic mass is 79.9. The largest absolute Gasteiger partial charge is 0.573 e. The minimum absolute atomic E-state index is 0.0508. The molecule has 0 aromatic carbocycles. The van der Waals surface area contributed by atoms with Gasteiger partial charge in [-0.2, -0.15) is 4.39 Å². The smallest absolute Gasteiger partial charge is 0.401 e. The molecule has 0 saturated heterocycles. The lowest BCUT2D eigenvalue weighted by Gasteiger charge is -2.11. The van der Waals surface area contributed by atoms with Gasteiger partial charge in [-0.25, -0.2) is 4.98 Å². The number of nitrogens with zero attached hydrogens (tertiary/aromatic N) is 1. The van der Waals surface area contributed by atoms with Gasteiger partial charge < -0.3 is 4.74 Å². The van der Waals surface area contributed by atoms with Gasteiger partial charge in [-0.15, -0.1) is 13.2 Å². The van der Waals surface area contributed by atoms with E-state index in [1.807, 2.05) is 0 Å². The molecular formula is C7H4BrF4NO. The van der Waals surface area contributed by atoms with E-state index >= 15 is 0 Å². The molecule has 0 fully saturated rings. The summed E-state index contributed by atoms with van der Waals surface area (Å²) in [7, 11) is 0. The first-order chi connectivity index (χ1) is 6.44. The minimum atomic E-state index is -4.92. The van der Waals surface area contributed by atoms with Crippen molar-refractivity contribution in [3.05, 3.63) is 23.8 Å². The van der Waals surface area contributed by atoms with E-state index in [-0.39, 0.29) is 10.9 Å². The minimum Gasteiger partial charge on any atom is -0.401 e. The van der Waals surface area contributed by atoms with E-state index in [4.69, 9.17) is 0 Å². The van der Waals surface area contributed by atoms with Crippen molar-refractivity contribution < 1.29 is 22.3 Å². The summed E-state index contributed by atoms with van der Waals surface area (Å²) in [5.74, 6) is -2.17. The topological polar surface area (TPSA) is 22.1 Å². The second-order valence-corrected chi connectivity index (χ2v) is 2.83. The van der Waals surface area contributed by atoms with E-state index in [9.17, 15) is 17.6 Å². The van der Waals surface area contributed by atoms with Gasteiger partial charge in [-0.1, -0.05) is 15.9 Å². The number of hydrogen-bond donors (Lipinski definition) is 0. The standard InChI is InChI=1S/C7H4BrF4NO/c8-3-4-1-2-13-6(9)5(4)14-7(10,11)12/h1-2H,3H2. The summed E-state index contributed by atoms with van der Waals surface area (Å²) in [5, 5.41) is 0.0534. The number of pyridine rings is 1. The zero-order chi connectivity index (χ0) is 10.8. The van der Waals surface area contributed by atoms with Crippen LogP contribution in [0.5, 0.6) is 5.75 Å². The number of halogens is 5. The second kappa shape index (κ2) is 4.12. The maximum absolute atomic E-state index is 12.8. The Morgan fingerprint density at radius 2 is 2.07 bits per heavy atom. The molecule has 0 radical (unpaired) electrons. The number of hydrogen-bond acceptors (Lipinski definition) is 2. The maximum atomic E-state index is 12.8. The third-order valence-corrected chi connectivity index (χ3v) is 1.91. The number of aromatic nitrogens is 1. The highest BCUT2D eigenvalue weighted by Gasteiger charge is 2.33. The maximum Gasteiger partial charge on any atom is 0.573 e. The van der Waals surface area contributed by atoms with Gasteiger partial charge in [0.15, 0.2) is 5.75 Å². The Balaban J connectivity index is 3.05. The van der Waals surface area contributed by atoms with Crippen LogP contribution in [0.25, 0.3) is 0 Å². The van der Waals surface area contributed by atoms with Crippen molar-refractivity contribution in [1.29, 1.82) is 0 Å². The summed E-state index contributed by atoms with van der Waals surface area (Å²) in [6, 6.07) is 1.24. The molecule has 0 unspecified atom stereocenters. The molecule has 78 valence electrons. The summed E-state index contributed by atoms with van der Waals surface area (Å²) in [4.78, 5) is 3.06. The van der Waals surface area contributed by atoms with Crippen molar-refractivity contribution in [2.45, 2.75) is 11.7 Å². The Hall–Kier alpha value is -0.850.